The van der Waals surface area contributed by atoms with Crippen LogP contribution < -0.4 is 0 Å². The van der Waals surface area contributed by atoms with Crippen LogP contribution >= 0.6 is 0 Å². The second kappa shape index (κ2) is 5.38. The first kappa shape index (κ1) is 14.8. The molecule has 3 heteroatoms. The van der Waals surface area contributed by atoms with E-state index in [2.05, 4.69) is 6.07 Å². The van der Waals surface area contributed by atoms with E-state index in [0.717, 1.165) is 33.2 Å². The van der Waals surface area contributed by atoms with Crippen LogP contribution in [0.25, 0.3) is 32.7 Å². The third kappa shape index (κ3) is 2.42. The van der Waals surface area contributed by atoms with Crippen molar-refractivity contribution in [3.8, 4) is 11.1 Å². The Morgan fingerprint density at radius 1 is 0.583 bits per heavy atom. The van der Waals surface area contributed by atoms with Gasteiger partial charge >= 0.3 is 6.18 Å². The molecule has 0 aliphatic carbocycles. The maximum absolute atomic E-state index is 13.1. The molecule has 0 N–H and O–H groups in total. The zero-order valence-electron chi connectivity index (χ0n) is 12.6. The zero-order valence-corrected chi connectivity index (χ0v) is 12.6. The van der Waals surface area contributed by atoms with Crippen LogP contribution in [0.4, 0.5) is 13.2 Å². The monoisotopic (exact) mass is 322 g/mol. The zero-order chi connectivity index (χ0) is 16.7. The van der Waals surface area contributed by atoms with Crippen molar-refractivity contribution >= 4 is 21.5 Å². The Balaban J connectivity index is 2.11. The summed E-state index contributed by atoms with van der Waals surface area (Å²) in [6, 6.07) is 23.2. The lowest BCUT2D eigenvalue weighted by atomic mass is 9.91. The van der Waals surface area contributed by atoms with E-state index in [4.69, 9.17) is 0 Å². The molecule has 0 aliphatic heterocycles. The largest absolute Gasteiger partial charge is 0.416 e. The number of alkyl halides is 3. The Bertz CT molecular complexity index is 991. The summed E-state index contributed by atoms with van der Waals surface area (Å²) in [4.78, 5) is 0. The van der Waals surface area contributed by atoms with E-state index in [-0.39, 0.29) is 0 Å². The van der Waals surface area contributed by atoms with Crippen molar-refractivity contribution in [1.29, 1.82) is 0 Å². The van der Waals surface area contributed by atoms with Gasteiger partial charge in [-0.05, 0) is 50.9 Å². The van der Waals surface area contributed by atoms with Crippen LogP contribution in [-0.2, 0) is 6.18 Å². The Hall–Kier alpha value is -2.81. The Morgan fingerprint density at radius 2 is 1.17 bits per heavy atom. The smallest absolute Gasteiger partial charge is 0.166 e. The van der Waals surface area contributed by atoms with Crippen LogP contribution in [-0.4, -0.2) is 0 Å². The molecule has 0 amide bonds. The molecule has 0 saturated heterocycles. The van der Waals surface area contributed by atoms with Crippen LogP contribution in [0.1, 0.15) is 5.56 Å². The van der Waals surface area contributed by atoms with E-state index in [0.29, 0.717) is 5.56 Å². The summed E-state index contributed by atoms with van der Waals surface area (Å²) in [7, 11) is 0. The number of fused-ring (bicyclic) bond motifs is 2. The molecule has 24 heavy (non-hydrogen) atoms. The molecule has 0 heterocycles. The van der Waals surface area contributed by atoms with Gasteiger partial charge in [0.2, 0.25) is 0 Å². The van der Waals surface area contributed by atoms with E-state index < -0.39 is 11.7 Å². The summed E-state index contributed by atoms with van der Waals surface area (Å²) in [6.07, 6.45) is -4.35. The van der Waals surface area contributed by atoms with Gasteiger partial charge in [-0.15, -0.1) is 0 Å². The maximum Gasteiger partial charge on any atom is 0.416 e. The van der Waals surface area contributed by atoms with Gasteiger partial charge < -0.3 is 0 Å². The quantitative estimate of drug-likeness (QED) is 0.343. The SMILES string of the molecule is FC(F)(F)c1cccc(-c2c3ccccc3cc3ccccc23)c1. The third-order valence-corrected chi connectivity index (χ3v) is 4.25. The minimum Gasteiger partial charge on any atom is -0.166 e. The first-order valence-electron chi connectivity index (χ1n) is 7.62. The van der Waals surface area contributed by atoms with Crippen molar-refractivity contribution < 1.29 is 13.2 Å². The molecule has 0 unspecified atom stereocenters. The van der Waals surface area contributed by atoms with Crippen molar-refractivity contribution in [2.24, 2.45) is 0 Å². The number of benzene rings is 4. The van der Waals surface area contributed by atoms with Crippen molar-refractivity contribution in [3.05, 3.63) is 84.4 Å². The molecule has 0 atom stereocenters. The Kier molecular flexibility index (Phi) is 3.31. The van der Waals surface area contributed by atoms with Crippen molar-refractivity contribution in [2.75, 3.05) is 0 Å². The highest BCUT2D eigenvalue weighted by atomic mass is 19.4. The average molecular weight is 322 g/mol. The maximum atomic E-state index is 13.1. The van der Waals surface area contributed by atoms with Crippen molar-refractivity contribution in [2.45, 2.75) is 6.18 Å². The van der Waals surface area contributed by atoms with Gasteiger partial charge in [-0.2, -0.15) is 13.2 Å². The first-order valence-corrected chi connectivity index (χ1v) is 7.62. The normalized spacial score (nSPS) is 12.0. The minimum absolute atomic E-state index is 0.581. The molecule has 0 saturated carbocycles. The van der Waals surface area contributed by atoms with Gasteiger partial charge in [0.15, 0.2) is 0 Å². The summed E-state index contributed by atoms with van der Waals surface area (Å²) in [6.45, 7) is 0. The number of rotatable bonds is 1. The van der Waals surface area contributed by atoms with E-state index in [1.807, 2.05) is 48.5 Å². The molecule has 4 rings (SSSR count). The molecular formula is C21H13F3. The van der Waals surface area contributed by atoms with Gasteiger partial charge in [0, 0.05) is 0 Å². The van der Waals surface area contributed by atoms with E-state index in [1.54, 1.807) is 6.07 Å². The molecule has 4 aromatic carbocycles. The van der Waals surface area contributed by atoms with Gasteiger partial charge in [0.1, 0.15) is 0 Å². The standard InChI is InChI=1S/C21H13F3/c22-21(23,24)17-9-5-8-16(13-17)20-18-10-3-1-6-14(18)12-15-7-2-4-11-19(15)20/h1-13H. The van der Waals surface area contributed by atoms with E-state index in [1.165, 1.54) is 12.1 Å². The molecule has 0 nitrogen and oxygen atoms in total. The Labute approximate surface area is 137 Å². The lowest BCUT2D eigenvalue weighted by Crippen LogP contribution is -2.04. The van der Waals surface area contributed by atoms with Crippen molar-refractivity contribution in [3.63, 3.8) is 0 Å². The van der Waals surface area contributed by atoms with Crippen LogP contribution in [0.15, 0.2) is 78.9 Å². The van der Waals surface area contributed by atoms with Crippen LogP contribution in [0, 0.1) is 0 Å². The van der Waals surface area contributed by atoms with Gasteiger partial charge in [0.25, 0.3) is 0 Å². The molecule has 4 aromatic rings. The highest BCUT2D eigenvalue weighted by Gasteiger charge is 2.30. The van der Waals surface area contributed by atoms with Gasteiger partial charge in [-0.25, -0.2) is 0 Å². The lowest BCUT2D eigenvalue weighted by Gasteiger charge is -2.14. The van der Waals surface area contributed by atoms with E-state index in [9.17, 15) is 13.2 Å². The average Bonchev–Trinajstić information content (AvgIpc) is 2.59. The molecule has 0 aliphatic rings. The fourth-order valence-electron chi connectivity index (χ4n) is 3.18. The van der Waals surface area contributed by atoms with Crippen LogP contribution in [0.2, 0.25) is 0 Å². The summed E-state index contributed by atoms with van der Waals surface area (Å²) in [5, 5.41) is 3.94. The molecule has 118 valence electrons. The summed E-state index contributed by atoms with van der Waals surface area (Å²) >= 11 is 0. The van der Waals surface area contributed by atoms with Gasteiger partial charge in [0.05, 0.1) is 5.56 Å². The number of hydrogen-bond donors (Lipinski definition) is 0. The van der Waals surface area contributed by atoms with Crippen LogP contribution in [0.5, 0.6) is 0 Å². The summed E-state index contributed by atoms with van der Waals surface area (Å²) in [5.41, 5.74) is 0.796. The second-order valence-electron chi connectivity index (χ2n) is 5.77. The molecular weight excluding hydrogens is 309 g/mol. The first-order chi connectivity index (χ1) is 11.5. The van der Waals surface area contributed by atoms with E-state index >= 15 is 0 Å². The summed E-state index contributed by atoms with van der Waals surface area (Å²) < 4.78 is 39.3. The fraction of sp³-hybridized carbons (Fsp3) is 0.0476. The third-order valence-electron chi connectivity index (χ3n) is 4.25. The minimum atomic E-state index is -4.35. The lowest BCUT2D eigenvalue weighted by molar-refractivity contribution is -0.137. The highest BCUT2D eigenvalue weighted by Crippen LogP contribution is 2.38. The van der Waals surface area contributed by atoms with Crippen molar-refractivity contribution in [1.82, 2.24) is 0 Å². The summed E-state index contributed by atoms with van der Waals surface area (Å²) in [5.74, 6) is 0. The molecule has 0 bridgehead atoms. The Morgan fingerprint density at radius 3 is 1.75 bits per heavy atom. The molecule has 0 aromatic heterocycles. The molecule has 0 spiro atoms. The fourth-order valence-corrected chi connectivity index (χ4v) is 3.18. The predicted molar refractivity (Wildman–Crippen MR) is 91.9 cm³/mol. The van der Waals surface area contributed by atoms with Gasteiger partial charge in [-0.3, -0.25) is 0 Å². The van der Waals surface area contributed by atoms with Gasteiger partial charge in [-0.1, -0.05) is 60.7 Å². The topological polar surface area (TPSA) is 0 Å². The number of halogens is 3. The molecule has 0 radical (unpaired) electrons. The number of hydrogen-bond acceptors (Lipinski definition) is 0. The second-order valence-corrected chi connectivity index (χ2v) is 5.77. The highest BCUT2D eigenvalue weighted by molar-refractivity contribution is 6.12. The predicted octanol–water partition coefficient (Wildman–Crippen LogP) is 6.68. The molecule has 0 fully saturated rings. The van der Waals surface area contributed by atoms with Crippen LogP contribution in [0.3, 0.4) is 0 Å².